The van der Waals surface area contributed by atoms with Gasteiger partial charge >= 0.3 is 0 Å². The van der Waals surface area contributed by atoms with Gasteiger partial charge in [0, 0.05) is 5.69 Å². The largest absolute Gasteiger partial charge is 0.253 e. The lowest BCUT2D eigenvalue weighted by atomic mass is 10.1. The van der Waals surface area contributed by atoms with E-state index < -0.39 is 0 Å². The molecule has 1 heterocycles. The lowest BCUT2D eigenvalue weighted by molar-refractivity contribution is 0.639. The minimum atomic E-state index is -0.317. The summed E-state index contributed by atoms with van der Waals surface area (Å²) < 4.78 is 13.4. The number of rotatable bonds is 0. The Hall–Kier alpha value is -1.15. The van der Waals surface area contributed by atoms with Crippen LogP contribution >= 0.6 is 11.6 Å². The van der Waals surface area contributed by atoms with E-state index in [2.05, 4.69) is 4.98 Å². The smallest absolute Gasteiger partial charge is 0.134 e. The molecule has 0 aliphatic carbocycles. The number of hydrogen-bond acceptors (Lipinski definition) is 1. The highest BCUT2D eigenvalue weighted by atomic mass is 35.5. The van der Waals surface area contributed by atoms with Gasteiger partial charge in [0.05, 0.1) is 15.9 Å². The summed E-state index contributed by atoms with van der Waals surface area (Å²) in [4.78, 5) is 4.27. The molecule has 3 heteroatoms. The van der Waals surface area contributed by atoms with Crippen molar-refractivity contribution in [2.45, 2.75) is 13.8 Å². The van der Waals surface area contributed by atoms with E-state index in [1.807, 2.05) is 13.8 Å². The van der Waals surface area contributed by atoms with Gasteiger partial charge in [-0.05, 0) is 31.5 Å². The predicted octanol–water partition coefficient (Wildman–Crippen LogP) is 3.64. The van der Waals surface area contributed by atoms with Gasteiger partial charge in [-0.3, -0.25) is 4.98 Å². The van der Waals surface area contributed by atoms with Gasteiger partial charge in [0.15, 0.2) is 0 Å². The van der Waals surface area contributed by atoms with Crippen LogP contribution in [0.1, 0.15) is 11.3 Å². The molecule has 72 valence electrons. The van der Waals surface area contributed by atoms with E-state index >= 15 is 0 Å². The molecule has 0 saturated carbocycles. The summed E-state index contributed by atoms with van der Waals surface area (Å²) in [6.45, 7) is 3.74. The van der Waals surface area contributed by atoms with Crippen LogP contribution in [0.25, 0.3) is 10.9 Å². The molecular formula is C11H9ClFN. The third kappa shape index (κ3) is 1.36. The van der Waals surface area contributed by atoms with E-state index in [4.69, 9.17) is 11.6 Å². The number of aryl methyl sites for hydroxylation is 2. The van der Waals surface area contributed by atoms with Crippen molar-refractivity contribution in [3.8, 4) is 0 Å². The number of halogens is 2. The number of pyridine rings is 1. The molecule has 0 fully saturated rings. The zero-order valence-electron chi connectivity index (χ0n) is 7.94. The van der Waals surface area contributed by atoms with Gasteiger partial charge < -0.3 is 0 Å². The van der Waals surface area contributed by atoms with Crippen molar-refractivity contribution in [2.24, 2.45) is 0 Å². The molecule has 2 rings (SSSR count). The zero-order chi connectivity index (χ0) is 10.3. The van der Waals surface area contributed by atoms with E-state index in [-0.39, 0.29) is 5.82 Å². The molecule has 0 saturated heterocycles. The molecule has 0 unspecified atom stereocenters. The Morgan fingerprint density at radius 3 is 2.71 bits per heavy atom. The maximum Gasteiger partial charge on any atom is 0.134 e. The molecule has 1 nitrogen and oxygen atoms in total. The van der Waals surface area contributed by atoms with Crippen LogP contribution in [0.5, 0.6) is 0 Å². The molecule has 0 bridgehead atoms. The van der Waals surface area contributed by atoms with Gasteiger partial charge in [-0.1, -0.05) is 17.7 Å². The average Bonchev–Trinajstić information content (AvgIpc) is 2.10. The third-order valence-electron chi connectivity index (χ3n) is 2.19. The van der Waals surface area contributed by atoms with Crippen molar-refractivity contribution in [1.29, 1.82) is 0 Å². The first-order chi connectivity index (χ1) is 6.59. The highest BCUT2D eigenvalue weighted by Gasteiger charge is 2.09. The summed E-state index contributed by atoms with van der Waals surface area (Å²) >= 11 is 5.96. The first kappa shape index (κ1) is 9.41. The number of hydrogen-bond donors (Lipinski definition) is 0. The van der Waals surface area contributed by atoms with Crippen LogP contribution in [-0.2, 0) is 0 Å². The molecule has 0 atom stereocenters. The highest BCUT2D eigenvalue weighted by Crippen LogP contribution is 2.27. The second kappa shape index (κ2) is 3.21. The molecule has 0 N–H and O–H groups in total. The van der Waals surface area contributed by atoms with Crippen molar-refractivity contribution < 1.29 is 4.39 Å². The monoisotopic (exact) mass is 209 g/mol. The summed E-state index contributed by atoms with van der Waals surface area (Å²) in [7, 11) is 0. The quantitative estimate of drug-likeness (QED) is 0.646. The summed E-state index contributed by atoms with van der Waals surface area (Å²) in [5, 5.41) is 0.839. The van der Waals surface area contributed by atoms with Gasteiger partial charge in [0.1, 0.15) is 5.82 Å². The van der Waals surface area contributed by atoms with Crippen LogP contribution in [0.2, 0.25) is 5.02 Å². The van der Waals surface area contributed by atoms with Crippen molar-refractivity contribution in [3.63, 3.8) is 0 Å². The Kier molecular flexibility index (Phi) is 2.16. The Labute approximate surface area is 86.5 Å². The Morgan fingerprint density at radius 1 is 1.29 bits per heavy atom. The maximum atomic E-state index is 13.4. The summed E-state index contributed by atoms with van der Waals surface area (Å²) in [6, 6.07) is 4.80. The van der Waals surface area contributed by atoms with E-state index in [1.165, 1.54) is 6.07 Å². The molecule has 0 spiro atoms. The summed E-state index contributed by atoms with van der Waals surface area (Å²) in [5.74, 6) is -0.317. The van der Waals surface area contributed by atoms with Crippen molar-refractivity contribution in [1.82, 2.24) is 4.98 Å². The van der Waals surface area contributed by atoms with Gasteiger partial charge in [0.2, 0.25) is 0 Å². The molecule has 0 radical (unpaired) electrons. The number of benzene rings is 1. The van der Waals surface area contributed by atoms with Crippen LogP contribution in [0.4, 0.5) is 4.39 Å². The molecule has 0 aliphatic rings. The van der Waals surface area contributed by atoms with Crippen molar-refractivity contribution >= 4 is 22.5 Å². The number of aromatic nitrogens is 1. The number of nitrogens with zero attached hydrogens (tertiary/aromatic N) is 1. The maximum absolute atomic E-state index is 13.4. The van der Waals surface area contributed by atoms with Crippen LogP contribution in [0.3, 0.4) is 0 Å². The van der Waals surface area contributed by atoms with Gasteiger partial charge in [-0.15, -0.1) is 0 Å². The van der Waals surface area contributed by atoms with Crippen molar-refractivity contribution in [2.75, 3.05) is 0 Å². The van der Waals surface area contributed by atoms with E-state index in [0.717, 1.165) is 11.3 Å². The first-order valence-corrected chi connectivity index (χ1v) is 4.69. The zero-order valence-corrected chi connectivity index (χ0v) is 8.69. The minimum Gasteiger partial charge on any atom is -0.253 e. The van der Waals surface area contributed by atoms with Crippen molar-refractivity contribution in [3.05, 3.63) is 40.3 Å². The van der Waals surface area contributed by atoms with Gasteiger partial charge in [-0.2, -0.15) is 0 Å². The van der Waals surface area contributed by atoms with Gasteiger partial charge in [-0.25, -0.2) is 4.39 Å². The SMILES string of the molecule is Cc1cc(Cl)c2c(F)ccc(C)c2n1. The van der Waals surface area contributed by atoms with Crippen LogP contribution in [-0.4, -0.2) is 4.98 Å². The predicted molar refractivity (Wildman–Crippen MR) is 56.2 cm³/mol. The number of fused-ring (bicyclic) bond motifs is 1. The minimum absolute atomic E-state index is 0.317. The normalized spacial score (nSPS) is 10.9. The molecular weight excluding hydrogens is 201 g/mol. The fraction of sp³-hybridized carbons (Fsp3) is 0.182. The molecule has 2 aromatic rings. The molecule has 0 amide bonds. The average molecular weight is 210 g/mol. The lowest BCUT2D eigenvalue weighted by Gasteiger charge is -2.05. The summed E-state index contributed by atoms with van der Waals surface area (Å²) in [6.07, 6.45) is 0. The third-order valence-corrected chi connectivity index (χ3v) is 2.49. The van der Waals surface area contributed by atoms with Crippen LogP contribution in [0.15, 0.2) is 18.2 Å². The molecule has 0 aliphatic heterocycles. The van der Waals surface area contributed by atoms with Gasteiger partial charge in [0.25, 0.3) is 0 Å². The standard InChI is InChI=1S/C11H9ClFN/c1-6-3-4-9(13)10-8(12)5-7(2)14-11(6)10/h3-5H,1-2H3. The second-order valence-electron chi connectivity index (χ2n) is 3.33. The first-order valence-electron chi connectivity index (χ1n) is 4.31. The second-order valence-corrected chi connectivity index (χ2v) is 3.74. The fourth-order valence-electron chi connectivity index (χ4n) is 1.51. The van der Waals surface area contributed by atoms with E-state index in [0.29, 0.717) is 15.9 Å². The molecule has 14 heavy (non-hydrogen) atoms. The summed E-state index contributed by atoms with van der Waals surface area (Å²) in [5.41, 5.74) is 2.39. The van der Waals surface area contributed by atoms with Crippen LogP contribution in [0, 0.1) is 19.7 Å². The lowest BCUT2D eigenvalue weighted by Crippen LogP contribution is -1.90. The van der Waals surface area contributed by atoms with Crippen LogP contribution < -0.4 is 0 Å². The topological polar surface area (TPSA) is 12.9 Å². The highest BCUT2D eigenvalue weighted by molar-refractivity contribution is 6.35. The molecule has 1 aromatic heterocycles. The fourth-order valence-corrected chi connectivity index (χ4v) is 1.84. The van der Waals surface area contributed by atoms with E-state index in [9.17, 15) is 4.39 Å². The Bertz CT molecular complexity index is 508. The Morgan fingerprint density at radius 2 is 2.00 bits per heavy atom. The Balaban J connectivity index is 3.00. The molecule has 1 aromatic carbocycles. The van der Waals surface area contributed by atoms with E-state index in [1.54, 1.807) is 12.1 Å².